The van der Waals surface area contributed by atoms with Crippen LogP contribution in [0.4, 0.5) is 18.9 Å². The van der Waals surface area contributed by atoms with Crippen LogP contribution >= 0.6 is 0 Å². The van der Waals surface area contributed by atoms with E-state index in [-0.39, 0.29) is 17.7 Å². The number of aliphatic carboxylic acids is 1. The summed E-state index contributed by atoms with van der Waals surface area (Å²) in [6, 6.07) is 8.04. The summed E-state index contributed by atoms with van der Waals surface area (Å²) in [6.45, 7) is 2.17. The number of hydrogen-bond donors (Lipinski definition) is 3. The number of likely N-dealkylation sites (tertiary alicyclic amines) is 1. The van der Waals surface area contributed by atoms with E-state index in [2.05, 4.69) is 15.5 Å². The quantitative estimate of drug-likeness (QED) is 0.651. The molecular weight excluding hydrogens is 421 g/mol. The number of carbonyl (C=O) groups excluding carboxylic acids is 1. The molecule has 0 saturated carbocycles. The third kappa shape index (κ3) is 5.44. The molecule has 1 fully saturated rings. The number of carboxylic acid groups (broad SMARTS) is 1. The minimum absolute atomic E-state index is 0.0673. The van der Waals surface area contributed by atoms with E-state index in [0.717, 1.165) is 37.1 Å². The molecule has 31 heavy (non-hydrogen) atoms. The second kappa shape index (κ2) is 9.23. The predicted molar refractivity (Wildman–Crippen MR) is 102 cm³/mol. The Morgan fingerprint density at radius 1 is 1.16 bits per heavy atom. The number of amides is 1. The van der Waals surface area contributed by atoms with Crippen molar-refractivity contribution >= 4 is 17.6 Å². The van der Waals surface area contributed by atoms with Gasteiger partial charge in [-0.15, -0.1) is 5.10 Å². The standard InChI is InChI=1S/C17H20N4O3.C2HF3O2/c22-16(13-5-8-18-14-4-2-1-3-12(13)14)21-9-6-11(7-10-21)15-19-20-17(23)24-15;3-2(4,5)1(6)7/h1-4,11,13,18H,5-10H2,(H,20,23);(H,6,7). The molecule has 2 aliphatic heterocycles. The molecule has 0 spiro atoms. The summed E-state index contributed by atoms with van der Waals surface area (Å²) in [5.41, 5.74) is 2.16. The molecule has 0 aliphatic carbocycles. The van der Waals surface area contributed by atoms with Crippen LogP contribution in [0.3, 0.4) is 0 Å². The molecule has 1 unspecified atom stereocenters. The van der Waals surface area contributed by atoms with Crippen molar-refractivity contribution in [1.82, 2.24) is 15.1 Å². The smallest absolute Gasteiger partial charge is 0.475 e. The Hall–Kier alpha value is -3.31. The van der Waals surface area contributed by atoms with E-state index in [1.54, 1.807) is 0 Å². The van der Waals surface area contributed by atoms with Crippen molar-refractivity contribution in [1.29, 1.82) is 0 Å². The molecule has 0 bridgehead atoms. The molecule has 168 valence electrons. The molecule has 1 atom stereocenters. The number of carboxylic acids is 1. The highest BCUT2D eigenvalue weighted by molar-refractivity contribution is 5.86. The summed E-state index contributed by atoms with van der Waals surface area (Å²) in [6.07, 6.45) is -2.72. The number of nitrogens with one attached hydrogen (secondary N) is 2. The first-order valence-electron chi connectivity index (χ1n) is 9.64. The van der Waals surface area contributed by atoms with Crippen LogP contribution < -0.4 is 11.1 Å². The lowest BCUT2D eigenvalue weighted by molar-refractivity contribution is -0.192. The first kappa shape index (κ1) is 22.4. The van der Waals surface area contributed by atoms with Gasteiger partial charge in [-0.1, -0.05) is 18.2 Å². The lowest BCUT2D eigenvalue weighted by Gasteiger charge is -2.35. The number of para-hydroxylation sites is 1. The number of carbonyl (C=O) groups is 2. The number of halogens is 3. The van der Waals surface area contributed by atoms with E-state index in [4.69, 9.17) is 14.3 Å². The summed E-state index contributed by atoms with van der Waals surface area (Å²) >= 11 is 0. The van der Waals surface area contributed by atoms with Crippen molar-refractivity contribution in [2.24, 2.45) is 0 Å². The number of aromatic nitrogens is 2. The Kier molecular flexibility index (Phi) is 6.66. The van der Waals surface area contributed by atoms with Gasteiger partial charge in [0.05, 0.1) is 5.92 Å². The van der Waals surface area contributed by atoms with Gasteiger partial charge in [-0.25, -0.2) is 14.7 Å². The van der Waals surface area contributed by atoms with Crippen molar-refractivity contribution in [2.45, 2.75) is 37.3 Å². The van der Waals surface area contributed by atoms with Gasteiger partial charge in [-0.05, 0) is 30.9 Å². The first-order valence-corrected chi connectivity index (χ1v) is 9.64. The lowest BCUT2D eigenvalue weighted by atomic mass is 9.88. The molecular formula is C19H21F3N4O5. The molecule has 12 heteroatoms. The summed E-state index contributed by atoms with van der Waals surface area (Å²) in [5.74, 6) is -2.58. The highest BCUT2D eigenvalue weighted by Crippen LogP contribution is 2.34. The van der Waals surface area contributed by atoms with Crippen LogP contribution in [0.2, 0.25) is 0 Å². The maximum absolute atomic E-state index is 13.0. The number of alkyl halides is 3. The van der Waals surface area contributed by atoms with Crippen LogP contribution in [0.25, 0.3) is 0 Å². The highest BCUT2D eigenvalue weighted by atomic mass is 19.4. The summed E-state index contributed by atoms with van der Waals surface area (Å²) in [5, 5.41) is 16.7. The summed E-state index contributed by atoms with van der Waals surface area (Å²) < 4.78 is 36.8. The molecule has 1 amide bonds. The molecule has 3 heterocycles. The fourth-order valence-electron chi connectivity index (χ4n) is 3.71. The van der Waals surface area contributed by atoms with Crippen molar-refractivity contribution < 1.29 is 32.3 Å². The average molecular weight is 442 g/mol. The fraction of sp³-hybridized carbons (Fsp3) is 0.474. The Balaban J connectivity index is 0.000000339. The first-order chi connectivity index (χ1) is 14.7. The van der Waals surface area contributed by atoms with E-state index >= 15 is 0 Å². The van der Waals surface area contributed by atoms with Crippen LogP contribution in [0.5, 0.6) is 0 Å². The molecule has 4 rings (SSSR count). The van der Waals surface area contributed by atoms with Crippen molar-refractivity contribution in [2.75, 3.05) is 25.0 Å². The predicted octanol–water partition coefficient (Wildman–Crippen LogP) is 2.30. The summed E-state index contributed by atoms with van der Waals surface area (Å²) in [4.78, 5) is 34.9. The Labute approximate surface area is 174 Å². The minimum Gasteiger partial charge on any atom is -0.475 e. The van der Waals surface area contributed by atoms with Gasteiger partial charge in [-0.2, -0.15) is 13.2 Å². The van der Waals surface area contributed by atoms with E-state index in [0.29, 0.717) is 19.0 Å². The van der Waals surface area contributed by atoms with Gasteiger partial charge >= 0.3 is 17.9 Å². The van der Waals surface area contributed by atoms with E-state index in [1.165, 1.54) is 0 Å². The third-order valence-corrected chi connectivity index (χ3v) is 5.24. The molecule has 9 nitrogen and oxygen atoms in total. The van der Waals surface area contributed by atoms with Gasteiger partial charge in [-0.3, -0.25) is 4.79 Å². The van der Waals surface area contributed by atoms with Crippen LogP contribution in [0.15, 0.2) is 33.5 Å². The molecule has 1 saturated heterocycles. The minimum atomic E-state index is -5.08. The topological polar surface area (TPSA) is 129 Å². The lowest BCUT2D eigenvalue weighted by Crippen LogP contribution is -2.42. The molecule has 1 aromatic carbocycles. The van der Waals surface area contributed by atoms with Crippen molar-refractivity contribution in [3.63, 3.8) is 0 Å². The number of anilines is 1. The SMILES string of the molecule is O=C(C1CCNc2ccccc21)N1CCC(c2n[nH]c(=O)o2)CC1.O=C(O)C(F)(F)F. The van der Waals surface area contributed by atoms with Crippen LogP contribution in [0, 0.1) is 0 Å². The zero-order valence-corrected chi connectivity index (χ0v) is 16.3. The van der Waals surface area contributed by atoms with E-state index in [1.807, 2.05) is 29.2 Å². The molecule has 3 N–H and O–H groups in total. The Morgan fingerprint density at radius 3 is 2.39 bits per heavy atom. The van der Waals surface area contributed by atoms with Gasteiger partial charge in [0.1, 0.15) is 0 Å². The number of piperidine rings is 1. The second-order valence-corrected chi connectivity index (χ2v) is 7.21. The number of benzene rings is 1. The van der Waals surface area contributed by atoms with Crippen molar-refractivity contribution in [3.05, 3.63) is 46.3 Å². The second-order valence-electron chi connectivity index (χ2n) is 7.21. The average Bonchev–Trinajstić information content (AvgIpc) is 3.19. The van der Waals surface area contributed by atoms with Crippen molar-refractivity contribution in [3.8, 4) is 0 Å². The van der Waals surface area contributed by atoms with E-state index in [9.17, 15) is 22.8 Å². The maximum Gasteiger partial charge on any atom is 0.490 e. The van der Waals surface area contributed by atoms with E-state index < -0.39 is 17.9 Å². The summed E-state index contributed by atoms with van der Waals surface area (Å²) in [7, 11) is 0. The van der Waals surface area contributed by atoms with Crippen LogP contribution in [-0.4, -0.2) is 57.9 Å². The number of hydrogen-bond acceptors (Lipinski definition) is 6. The Morgan fingerprint density at radius 2 is 1.81 bits per heavy atom. The van der Waals surface area contributed by atoms with Gasteiger partial charge < -0.3 is 19.7 Å². The number of H-pyrrole nitrogens is 1. The number of rotatable bonds is 2. The zero-order chi connectivity index (χ0) is 22.6. The fourth-order valence-corrected chi connectivity index (χ4v) is 3.71. The number of aromatic amines is 1. The molecule has 2 aliphatic rings. The Bertz CT molecular complexity index is 979. The van der Waals surface area contributed by atoms with Crippen LogP contribution in [-0.2, 0) is 9.59 Å². The highest BCUT2D eigenvalue weighted by Gasteiger charge is 2.38. The number of fused-ring (bicyclic) bond motifs is 1. The number of nitrogens with zero attached hydrogens (tertiary/aromatic N) is 2. The molecule has 0 radical (unpaired) electrons. The molecule has 1 aromatic heterocycles. The largest absolute Gasteiger partial charge is 0.490 e. The monoisotopic (exact) mass is 442 g/mol. The van der Waals surface area contributed by atoms with Gasteiger partial charge in [0, 0.05) is 31.2 Å². The van der Waals surface area contributed by atoms with Crippen LogP contribution in [0.1, 0.15) is 42.6 Å². The maximum atomic E-state index is 13.0. The van der Waals surface area contributed by atoms with Gasteiger partial charge in [0.15, 0.2) is 0 Å². The normalized spacial score (nSPS) is 18.9. The molecule has 2 aromatic rings. The zero-order valence-electron chi connectivity index (χ0n) is 16.3. The third-order valence-electron chi connectivity index (χ3n) is 5.24. The van der Waals surface area contributed by atoms with Gasteiger partial charge in [0.25, 0.3) is 0 Å². The van der Waals surface area contributed by atoms with Gasteiger partial charge in [0.2, 0.25) is 11.8 Å².